The number of aromatic hydroxyl groups is 1. The van der Waals surface area contributed by atoms with Gasteiger partial charge in [0.2, 0.25) is 0 Å². The van der Waals surface area contributed by atoms with Crippen LogP contribution in [0, 0.1) is 0 Å². The van der Waals surface area contributed by atoms with Crippen LogP contribution in [-0.2, 0) is 6.42 Å². The molecule has 0 spiro atoms. The fourth-order valence-corrected chi connectivity index (χ4v) is 2.81. The second-order valence-electron chi connectivity index (χ2n) is 6.45. The van der Waals surface area contributed by atoms with Crippen molar-refractivity contribution >= 4 is 11.9 Å². The number of benzene rings is 2. The van der Waals surface area contributed by atoms with Crippen LogP contribution in [0.4, 0.5) is 0 Å². The molecule has 124 valence electrons. The Morgan fingerprint density at radius 2 is 1.92 bits per heavy atom. The molecular weight excluding hydrogens is 304 g/mol. The van der Waals surface area contributed by atoms with E-state index in [1.165, 1.54) is 6.08 Å². The van der Waals surface area contributed by atoms with Gasteiger partial charge in [0, 0.05) is 12.0 Å². The molecule has 0 aromatic heterocycles. The highest BCUT2D eigenvalue weighted by Gasteiger charge is 2.34. The molecule has 0 aliphatic carbocycles. The number of rotatable bonds is 4. The fourth-order valence-electron chi connectivity index (χ4n) is 2.81. The van der Waals surface area contributed by atoms with E-state index in [9.17, 15) is 9.90 Å². The highest BCUT2D eigenvalue weighted by atomic mass is 16.5. The topological polar surface area (TPSA) is 55.8 Å². The molecule has 4 nitrogen and oxygen atoms in total. The summed E-state index contributed by atoms with van der Waals surface area (Å²) in [6.45, 7) is 3.88. The van der Waals surface area contributed by atoms with Gasteiger partial charge < -0.3 is 14.6 Å². The Labute approximate surface area is 141 Å². The van der Waals surface area contributed by atoms with Crippen LogP contribution in [0.2, 0.25) is 0 Å². The molecule has 0 unspecified atom stereocenters. The molecule has 0 saturated carbocycles. The van der Waals surface area contributed by atoms with Gasteiger partial charge in [0.05, 0.1) is 12.7 Å². The van der Waals surface area contributed by atoms with Crippen molar-refractivity contribution in [3.63, 3.8) is 0 Å². The van der Waals surface area contributed by atoms with E-state index in [-0.39, 0.29) is 11.5 Å². The van der Waals surface area contributed by atoms with E-state index < -0.39 is 5.60 Å². The summed E-state index contributed by atoms with van der Waals surface area (Å²) in [6.07, 6.45) is 3.85. The maximum absolute atomic E-state index is 12.6. The van der Waals surface area contributed by atoms with E-state index in [1.54, 1.807) is 25.3 Å². The van der Waals surface area contributed by atoms with Crippen molar-refractivity contribution in [2.24, 2.45) is 0 Å². The summed E-state index contributed by atoms with van der Waals surface area (Å²) in [5, 5.41) is 10.0. The number of hydrogen-bond donors (Lipinski definition) is 1. The lowest BCUT2D eigenvalue weighted by Gasteiger charge is -2.17. The van der Waals surface area contributed by atoms with Crippen molar-refractivity contribution in [2.45, 2.75) is 25.9 Å². The first kappa shape index (κ1) is 16.1. The number of carbonyl (C=O) groups excluding carboxylic acids is 1. The van der Waals surface area contributed by atoms with Crippen molar-refractivity contribution in [1.82, 2.24) is 0 Å². The van der Waals surface area contributed by atoms with Crippen LogP contribution in [0.1, 0.15) is 35.3 Å². The molecule has 1 N–H and O–H groups in total. The van der Waals surface area contributed by atoms with Gasteiger partial charge in [0.1, 0.15) is 22.8 Å². The second kappa shape index (κ2) is 6.04. The number of phenolic OH excluding ortho intramolecular Hbond substituents is 1. The van der Waals surface area contributed by atoms with Crippen LogP contribution < -0.4 is 9.47 Å². The molecule has 3 rings (SSSR count). The van der Waals surface area contributed by atoms with Gasteiger partial charge in [-0.05, 0) is 49.8 Å². The lowest BCUT2D eigenvalue weighted by Crippen LogP contribution is -2.25. The third-order valence-electron chi connectivity index (χ3n) is 4.03. The Hall–Kier alpha value is -2.75. The first-order valence-electron chi connectivity index (χ1n) is 7.80. The number of hydrogen-bond acceptors (Lipinski definition) is 4. The van der Waals surface area contributed by atoms with Crippen LogP contribution in [0.3, 0.4) is 0 Å². The zero-order valence-electron chi connectivity index (χ0n) is 14.0. The first-order valence-corrected chi connectivity index (χ1v) is 7.80. The highest BCUT2D eigenvalue weighted by Crippen LogP contribution is 2.42. The SMILES string of the molecule is COc1ccc(/C=C/C(=O)c2ccc(O)c3c2OC(C)(C)C3)cc1. The van der Waals surface area contributed by atoms with E-state index in [0.717, 1.165) is 11.3 Å². The minimum absolute atomic E-state index is 0.153. The molecule has 2 aromatic carbocycles. The van der Waals surface area contributed by atoms with Crippen LogP contribution in [-0.4, -0.2) is 23.6 Å². The number of allylic oxidation sites excluding steroid dienone is 1. The molecule has 0 bridgehead atoms. The highest BCUT2D eigenvalue weighted by molar-refractivity contribution is 6.09. The standard InChI is InChI=1S/C20H20O4/c1-20(2)12-16-18(22)11-9-15(19(16)24-20)17(21)10-6-13-4-7-14(23-3)8-5-13/h4-11,22H,12H2,1-3H3/b10-6+. The molecule has 0 radical (unpaired) electrons. The molecule has 0 saturated heterocycles. The molecule has 1 aliphatic heterocycles. The fraction of sp³-hybridized carbons (Fsp3) is 0.250. The molecule has 0 amide bonds. The zero-order valence-corrected chi connectivity index (χ0v) is 14.0. The molecule has 0 atom stereocenters. The van der Waals surface area contributed by atoms with Crippen LogP contribution in [0.25, 0.3) is 6.08 Å². The van der Waals surface area contributed by atoms with Crippen molar-refractivity contribution in [3.8, 4) is 17.2 Å². The smallest absolute Gasteiger partial charge is 0.189 e. The minimum Gasteiger partial charge on any atom is -0.508 e. The molecule has 1 aliphatic rings. The summed E-state index contributed by atoms with van der Waals surface area (Å²) in [5.41, 5.74) is 1.65. The molecule has 1 heterocycles. The van der Waals surface area contributed by atoms with Gasteiger partial charge in [0.15, 0.2) is 5.78 Å². The number of methoxy groups -OCH3 is 1. The molecule has 4 heteroatoms. The first-order chi connectivity index (χ1) is 11.4. The third-order valence-corrected chi connectivity index (χ3v) is 4.03. The van der Waals surface area contributed by atoms with E-state index >= 15 is 0 Å². The number of fused-ring (bicyclic) bond motifs is 1. The van der Waals surface area contributed by atoms with E-state index in [4.69, 9.17) is 9.47 Å². The van der Waals surface area contributed by atoms with E-state index in [1.807, 2.05) is 38.1 Å². The van der Waals surface area contributed by atoms with Crippen LogP contribution in [0.15, 0.2) is 42.5 Å². The Balaban J connectivity index is 1.86. The lowest BCUT2D eigenvalue weighted by atomic mass is 9.98. The predicted octanol–water partition coefficient (Wildman–Crippen LogP) is 4.01. The predicted molar refractivity (Wildman–Crippen MR) is 92.9 cm³/mol. The zero-order chi connectivity index (χ0) is 17.3. The molecule has 0 fully saturated rings. The summed E-state index contributed by atoms with van der Waals surface area (Å²) in [6, 6.07) is 10.6. The summed E-state index contributed by atoms with van der Waals surface area (Å²) in [4.78, 5) is 12.6. The number of ketones is 1. The van der Waals surface area contributed by atoms with Gasteiger partial charge >= 0.3 is 0 Å². The van der Waals surface area contributed by atoms with Crippen molar-refractivity contribution in [2.75, 3.05) is 7.11 Å². The molecular formula is C20H20O4. The van der Waals surface area contributed by atoms with E-state index in [0.29, 0.717) is 23.3 Å². The van der Waals surface area contributed by atoms with Crippen LogP contribution >= 0.6 is 0 Å². The van der Waals surface area contributed by atoms with Crippen molar-refractivity contribution < 1.29 is 19.4 Å². The summed E-state index contributed by atoms with van der Waals surface area (Å²) < 4.78 is 11.0. The quantitative estimate of drug-likeness (QED) is 0.682. The maximum atomic E-state index is 12.6. The largest absolute Gasteiger partial charge is 0.508 e. The van der Waals surface area contributed by atoms with Crippen molar-refractivity contribution in [3.05, 3.63) is 59.2 Å². The Bertz CT molecular complexity index is 801. The Morgan fingerprint density at radius 1 is 1.21 bits per heavy atom. The maximum Gasteiger partial charge on any atom is 0.189 e. The normalized spacial score (nSPS) is 15.1. The summed E-state index contributed by atoms with van der Waals surface area (Å²) in [7, 11) is 1.61. The number of ether oxygens (including phenoxy) is 2. The van der Waals surface area contributed by atoms with Gasteiger partial charge in [-0.25, -0.2) is 0 Å². The average molecular weight is 324 g/mol. The average Bonchev–Trinajstić information content (AvgIpc) is 2.89. The molecule has 2 aromatic rings. The van der Waals surface area contributed by atoms with Crippen LogP contribution in [0.5, 0.6) is 17.2 Å². The third kappa shape index (κ3) is 3.13. The van der Waals surface area contributed by atoms with Gasteiger partial charge in [0.25, 0.3) is 0 Å². The van der Waals surface area contributed by atoms with Gasteiger partial charge in [-0.1, -0.05) is 18.2 Å². The van der Waals surface area contributed by atoms with Gasteiger partial charge in [-0.2, -0.15) is 0 Å². The van der Waals surface area contributed by atoms with Crippen molar-refractivity contribution in [1.29, 1.82) is 0 Å². The number of carbonyl (C=O) groups is 1. The molecule has 24 heavy (non-hydrogen) atoms. The van der Waals surface area contributed by atoms with E-state index in [2.05, 4.69) is 0 Å². The summed E-state index contributed by atoms with van der Waals surface area (Å²) in [5.74, 6) is 1.28. The Kier molecular flexibility index (Phi) is 4.06. The second-order valence-corrected chi connectivity index (χ2v) is 6.45. The number of phenols is 1. The van der Waals surface area contributed by atoms with Gasteiger partial charge in [-0.3, -0.25) is 4.79 Å². The lowest BCUT2D eigenvalue weighted by molar-refractivity contribution is 0.103. The summed E-state index contributed by atoms with van der Waals surface area (Å²) >= 11 is 0. The minimum atomic E-state index is -0.421. The monoisotopic (exact) mass is 324 g/mol. The Morgan fingerprint density at radius 3 is 2.58 bits per heavy atom. The van der Waals surface area contributed by atoms with Gasteiger partial charge in [-0.15, -0.1) is 0 Å².